The molecule has 0 aromatic carbocycles. The zero-order valence-corrected chi connectivity index (χ0v) is 7.15. The number of rotatable bonds is 2. The van der Waals surface area contributed by atoms with Gasteiger partial charge in [-0.05, 0) is 0 Å². The van der Waals surface area contributed by atoms with Crippen LogP contribution in [0.4, 0.5) is 2.87 Å². The van der Waals surface area contributed by atoms with Crippen LogP contribution in [-0.2, 0) is 0 Å². The minimum absolute atomic E-state index is 0.860. The Morgan fingerprint density at radius 2 is 1.67 bits per heavy atom. The van der Waals surface area contributed by atoms with Gasteiger partial charge in [0.25, 0.3) is 0 Å². The zero-order valence-electron chi connectivity index (χ0n) is 4.29. The fourth-order valence-electron chi connectivity index (χ4n) is 0.250. The van der Waals surface area contributed by atoms with Gasteiger partial charge in [-0.15, -0.1) is 0 Å². The van der Waals surface area contributed by atoms with E-state index in [0.717, 1.165) is 8.87 Å². The SMILES string of the molecule is C[CH2][Sn]([F])[CH2]C. The quantitative estimate of drug-likeness (QED) is 0.592. The van der Waals surface area contributed by atoms with Crippen LogP contribution in [0, 0.1) is 0 Å². The van der Waals surface area contributed by atoms with Crippen LogP contribution in [-0.4, -0.2) is 20.3 Å². The molecule has 0 heterocycles. The first-order valence-electron chi connectivity index (χ1n) is 2.31. The summed E-state index contributed by atoms with van der Waals surface area (Å²) in [6.07, 6.45) is 0. The molecular weight excluding hydrogens is 186 g/mol. The Hall–Kier alpha value is 0.729. The topological polar surface area (TPSA) is 0 Å². The van der Waals surface area contributed by atoms with E-state index in [1.165, 1.54) is 0 Å². The van der Waals surface area contributed by atoms with Gasteiger partial charge in [-0.1, -0.05) is 0 Å². The van der Waals surface area contributed by atoms with Gasteiger partial charge in [-0.2, -0.15) is 0 Å². The molecule has 0 atom stereocenters. The molecule has 0 aromatic rings. The molecule has 0 amide bonds. The van der Waals surface area contributed by atoms with E-state index in [9.17, 15) is 2.87 Å². The molecule has 0 saturated heterocycles. The van der Waals surface area contributed by atoms with Gasteiger partial charge in [0.2, 0.25) is 0 Å². The second kappa shape index (κ2) is 3.90. The average Bonchev–Trinajstić information content (AvgIpc) is 1.65. The summed E-state index contributed by atoms with van der Waals surface area (Å²) in [5.41, 5.74) is 0. The van der Waals surface area contributed by atoms with Crippen LogP contribution in [0.25, 0.3) is 0 Å². The molecule has 0 spiro atoms. The summed E-state index contributed by atoms with van der Waals surface area (Å²) in [6, 6.07) is 0. The molecule has 6 heavy (non-hydrogen) atoms. The predicted molar refractivity (Wildman–Crippen MR) is 27.8 cm³/mol. The van der Waals surface area contributed by atoms with Crippen LogP contribution in [0.15, 0.2) is 0 Å². The first kappa shape index (κ1) is 6.73. The third-order valence-electron chi connectivity index (χ3n) is 0.767. The van der Waals surface area contributed by atoms with E-state index >= 15 is 0 Å². The van der Waals surface area contributed by atoms with E-state index in [4.69, 9.17) is 0 Å². The Balaban J connectivity index is 2.75. The van der Waals surface area contributed by atoms with Crippen molar-refractivity contribution in [1.82, 2.24) is 0 Å². The molecule has 0 aliphatic carbocycles. The van der Waals surface area contributed by atoms with Gasteiger partial charge in [-0.25, -0.2) is 0 Å². The van der Waals surface area contributed by atoms with Gasteiger partial charge in [0.05, 0.1) is 0 Å². The molecule has 0 N–H and O–H groups in total. The minimum atomic E-state index is -2.12. The zero-order chi connectivity index (χ0) is 4.99. The molecule has 0 rings (SSSR count). The van der Waals surface area contributed by atoms with Crippen LogP contribution in [0.5, 0.6) is 0 Å². The summed E-state index contributed by atoms with van der Waals surface area (Å²) in [5.74, 6) is 0. The van der Waals surface area contributed by atoms with Crippen LogP contribution < -0.4 is 0 Å². The van der Waals surface area contributed by atoms with Gasteiger partial charge in [0.15, 0.2) is 0 Å². The normalized spacial score (nSPS) is 10.0. The van der Waals surface area contributed by atoms with E-state index in [1.807, 2.05) is 13.8 Å². The summed E-state index contributed by atoms with van der Waals surface area (Å²) in [5, 5.41) is 0. The molecule has 0 aliphatic heterocycles. The Bertz CT molecular complexity index is 26.7. The number of hydrogen-bond donors (Lipinski definition) is 0. The molecule has 0 nitrogen and oxygen atoms in total. The molecule has 0 saturated carbocycles. The number of hydrogen-bond acceptors (Lipinski definition) is 0. The summed E-state index contributed by atoms with van der Waals surface area (Å²) in [4.78, 5) is 0. The number of halogens is 1. The van der Waals surface area contributed by atoms with Gasteiger partial charge >= 0.3 is 45.9 Å². The third-order valence-corrected chi connectivity index (χ3v) is 5.15. The van der Waals surface area contributed by atoms with Gasteiger partial charge in [0, 0.05) is 0 Å². The summed E-state index contributed by atoms with van der Waals surface area (Å²) in [7, 11) is 0. The van der Waals surface area contributed by atoms with Gasteiger partial charge < -0.3 is 0 Å². The molecule has 1 radical (unpaired) electrons. The monoisotopic (exact) mass is 197 g/mol. The van der Waals surface area contributed by atoms with Crippen LogP contribution in [0.3, 0.4) is 0 Å². The van der Waals surface area contributed by atoms with Crippen molar-refractivity contribution in [2.45, 2.75) is 22.7 Å². The Morgan fingerprint density at radius 1 is 1.33 bits per heavy atom. The molecule has 0 unspecified atom stereocenters. The van der Waals surface area contributed by atoms with Crippen molar-refractivity contribution in [3.63, 3.8) is 0 Å². The molecule has 0 bridgehead atoms. The Labute approximate surface area is 46.3 Å². The van der Waals surface area contributed by atoms with E-state index in [-0.39, 0.29) is 0 Å². The fourth-order valence-corrected chi connectivity index (χ4v) is 1.68. The van der Waals surface area contributed by atoms with Crippen LogP contribution >= 0.6 is 0 Å². The van der Waals surface area contributed by atoms with Crippen molar-refractivity contribution in [2.24, 2.45) is 0 Å². The van der Waals surface area contributed by atoms with Crippen molar-refractivity contribution in [3.8, 4) is 0 Å². The molecular formula is C4H10FSn. The first-order valence-corrected chi connectivity index (χ1v) is 7.43. The maximum atomic E-state index is 12.1. The van der Waals surface area contributed by atoms with Crippen molar-refractivity contribution in [1.29, 1.82) is 0 Å². The molecule has 0 fully saturated rings. The van der Waals surface area contributed by atoms with E-state index < -0.39 is 20.3 Å². The second-order valence-corrected chi connectivity index (χ2v) is 8.21. The molecule has 37 valence electrons. The van der Waals surface area contributed by atoms with E-state index in [1.54, 1.807) is 0 Å². The molecule has 2 heteroatoms. The fraction of sp³-hybridized carbons (Fsp3) is 1.00. The summed E-state index contributed by atoms with van der Waals surface area (Å²) >= 11 is -2.12. The standard InChI is InChI=1S/2C2H5.FH.Sn/c2*1-2;;/h2*1H2,2H3;1H;/q;;;+1/p-1. The summed E-state index contributed by atoms with van der Waals surface area (Å²) < 4.78 is 13.8. The van der Waals surface area contributed by atoms with Gasteiger partial charge in [0.1, 0.15) is 0 Å². The third kappa shape index (κ3) is 2.94. The predicted octanol–water partition coefficient (Wildman–Crippen LogP) is 1.99. The van der Waals surface area contributed by atoms with Gasteiger partial charge in [-0.3, -0.25) is 0 Å². The first-order chi connectivity index (χ1) is 2.81. The van der Waals surface area contributed by atoms with Crippen molar-refractivity contribution in [3.05, 3.63) is 0 Å². The second-order valence-electron chi connectivity index (χ2n) is 1.22. The molecule has 0 aromatic heterocycles. The van der Waals surface area contributed by atoms with Crippen molar-refractivity contribution >= 4 is 20.3 Å². The van der Waals surface area contributed by atoms with Crippen LogP contribution in [0.1, 0.15) is 13.8 Å². The van der Waals surface area contributed by atoms with Crippen molar-refractivity contribution in [2.75, 3.05) is 0 Å². The van der Waals surface area contributed by atoms with Crippen molar-refractivity contribution < 1.29 is 2.87 Å². The van der Waals surface area contributed by atoms with E-state index in [2.05, 4.69) is 0 Å². The Morgan fingerprint density at radius 3 is 1.67 bits per heavy atom. The molecule has 0 aliphatic rings. The average molecular weight is 196 g/mol. The van der Waals surface area contributed by atoms with E-state index in [0.29, 0.717) is 0 Å². The Kier molecular flexibility index (Phi) is 4.38. The maximum absolute atomic E-state index is 12.1. The van der Waals surface area contributed by atoms with Crippen LogP contribution in [0.2, 0.25) is 8.87 Å². The summed E-state index contributed by atoms with van der Waals surface area (Å²) in [6.45, 7) is 3.89.